The first-order chi connectivity index (χ1) is 16.5. The van der Waals surface area contributed by atoms with Crippen LogP contribution in [0, 0.1) is 5.82 Å². The minimum absolute atomic E-state index is 0.0284. The lowest BCUT2D eigenvalue weighted by atomic mass is 9.91. The summed E-state index contributed by atoms with van der Waals surface area (Å²) >= 11 is 0. The molecule has 0 saturated heterocycles. The summed E-state index contributed by atoms with van der Waals surface area (Å²) in [4.78, 5) is 20.7. The van der Waals surface area contributed by atoms with Crippen LogP contribution < -0.4 is 26.8 Å². The first-order valence-corrected chi connectivity index (χ1v) is 11.4. The smallest absolute Gasteiger partial charge is 0.252 e. The molecule has 2 heterocycles. The van der Waals surface area contributed by atoms with E-state index in [-0.39, 0.29) is 29.3 Å². The van der Waals surface area contributed by atoms with E-state index in [4.69, 9.17) is 16.2 Å². The zero-order valence-corrected chi connectivity index (χ0v) is 19.1. The number of carbonyl (C=O) groups excluding carboxylic acids is 1. The van der Waals surface area contributed by atoms with Crippen LogP contribution in [0.1, 0.15) is 43.0 Å². The number of carbonyl (C=O) groups is 1. The van der Waals surface area contributed by atoms with Crippen LogP contribution in [0.15, 0.2) is 48.8 Å². The molecule has 4 rings (SSSR count). The SMILES string of the molecule is CCOc1ccccc1-c1cncc(Nc2nc(N[C@@H]3CCCC[C@@H]3N)c(F)cc2C(N)=O)c1. The van der Waals surface area contributed by atoms with Crippen molar-refractivity contribution in [3.05, 3.63) is 60.2 Å². The van der Waals surface area contributed by atoms with Gasteiger partial charge in [-0.25, -0.2) is 9.37 Å². The van der Waals surface area contributed by atoms with Crippen LogP contribution >= 0.6 is 0 Å². The predicted octanol–water partition coefficient (Wildman–Crippen LogP) is 4.21. The molecule has 3 aromatic rings. The van der Waals surface area contributed by atoms with Gasteiger partial charge in [-0.15, -0.1) is 0 Å². The number of amides is 1. The van der Waals surface area contributed by atoms with Crippen molar-refractivity contribution in [3.63, 3.8) is 0 Å². The number of primary amides is 1. The quantitative estimate of drug-likeness (QED) is 0.393. The van der Waals surface area contributed by atoms with Gasteiger partial charge < -0.3 is 26.8 Å². The Bertz CT molecular complexity index is 1170. The van der Waals surface area contributed by atoms with Gasteiger partial charge in [0.25, 0.3) is 5.91 Å². The monoisotopic (exact) mass is 464 g/mol. The van der Waals surface area contributed by atoms with E-state index in [0.717, 1.165) is 48.6 Å². The van der Waals surface area contributed by atoms with Gasteiger partial charge in [-0.2, -0.15) is 0 Å². The first-order valence-electron chi connectivity index (χ1n) is 11.4. The molecule has 0 unspecified atom stereocenters. The maximum absolute atomic E-state index is 14.8. The second kappa shape index (κ2) is 10.5. The molecule has 34 heavy (non-hydrogen) atoms. The third kappa shape index (κ3) is 5.26. The number of benzene rings is 1. The van der Waals surface area contributed by atoms with E-state index in [1.54, 1.807) is 12.4 Å². The molecule has 8 nitrogen and oxygen atoms in total. The number of halogens is 1. The first kappa shape index (κ1) is 23.4. The maximum atomic E-state index is 14.8. The molecule has 1 amide bonds. The summed E-state index contributed by atoms with van der Waals surface area (Å²) in [7, 11) is 0. The number of hydrogen-bond donors (Lipinski definition) is 4. The Hall–Kier alpha value is -3.72. The van der Waals surface area contributed by atoms with Crippen LogP contribution in [-0.2, 0) is 0 Å². The number of hydrogen-bond acceptors (Lipinski definition) is 7. The summed E-state index contributed by atoms with van der Waals surface area (Å²) in [5, 5.41) is 6.19. The Balaban J connectivity index is 1.65. The minimum atomic E-state index is -0.791. The van der Waals surface area contributed by atoms with E-state index in [0.29, 0.717) is 12.3 Å². The summed E-state index contributed by atoms with van der Waals surface area (Å²) in [5.74, 6) is -0.550. The van der Waals surface area contributed by atoms with Crippen LogP contribution in [0.4, 0.5) is 21.7 Å². The highest BCUT2D eigenvalue weighted by molar-refractivity contribution is 5.98. The number of rotatable bonds is 8. The lowest BCUT2D eigenvalue weighted by Gasteiger charge is -2.30. The molecule has 2 atom stereocenters. The fourth-order valence-electron chi connectivity index (χ4n) is 4.17. The fourth-order valence-corrected chi connectivity index (χ4v) is 4.17. The molecule has 6 N–H and O–H groups in total. The third-order valence-electron chi connectivity index (χ3n) is 5.88. The van der Waals surface area contributed by atoms with Crippen molar-refractivity contribution in [3.8, 4) is 16.9 Å². The molecule has 1 saturated carbocycles. The Labute approximate surface area is 197 Å². The second-order valence-electron chi connectivity index (χ2n) is 8.29. The van der Waals surface area contributed by atoms with Crippen molar-refractivity contribution in [2.75, 3.05) is 17.2 Å². The Morgan fingerprint density at radius 3 is 2.74 bits per heavy atom. The van der Waals surface area contributed by atoms with E-state index < -0.39 is 11.7 Å². The fraction of sp³-hybridized carbons (Fsp3) is 0.320. The molecule has 2 aromatic heterocycles. The van der Waals surface area contributed by atoms with Gasteiger partial charge in [-0.05, 0) is 38.0 Å². The predicted molar refractivity (Wildman–Crippen MR) is 131 cm³/mol. The van der Waals surface area contributed by atoms with Gasteiger partial charge in [0.15, 0.2) is 11.6 Å². The van der Waals surface area contributed by atoms with Gasteiger partial charge in [0.05, 0.1) is 24.1 Å². The van der Waals surface area contributed by atoms with E-state index in [9.17, 15) is 9.18 Å². The molecular formula is C25H29FN6O2. The van der Waals surface area contributed by atoms with Gasteiger partial charge in [-0.3, -0.25) is 9.78 Å². The molecule has 1 fully saturated rings. The van der Waals surface area contributed by atoms with E-state index in [1.165, 1.54) is 0 Å². The number of anilines is 3. The molecule has 0 aliphatic heterocycles. The van der Waals surface area contributed by atoms with E-state index in [2.05, 4.69) is 20.6 Å². The lowest BCUT2D eigenvalue weighted by Crippen LogP contribution is -2.43. The molecule has 1 aliphatic carbocycles. The van der Waals surface area contributed by atoms with Crippen molar-refractivity contribution in [2.45, 2.75) is 44.7 Å². The van der Waals surface area contributed by atoms with Crippen LogP contribution in [0.5, 0.6) is 5.75 Å². The van der Waals surface area contributed by atoms with Gasteiger partial charge in [0.1, 0.15) is 11.6 Å². The molecule has 0 radical (unpaired) electrons. The van der Waals surface area contributed by atoms with Crippen molar-refractivity contribution < 1.29 is 13.9 Å². The summed E-state index contributed by atoms with van der Waals surface area (Å²) in [5.41, 5.74) is 13.9. The molecule has 1 aromatic carbocycles. The molecule has 178 valence electrons. The van der Waals surface area contributed by atoms with Gasteiger partial charge in [0.2, 0.25) is 0 Å². The number of nitrogens with two attached hydrogens (primary N) is 2. The van der Waals surface area contributed by atoms with Crippen molar-refractivity contribution in [1.29, 1.82) is 0 Å². The van der Waals surface area contributed by atoms with Gasteiger partial charge >= 0.3 is 0 Å². The molecule has 0 bridgehead atoms. The molecule has 0 spiro atoms. The van der Waals surface area contributed by atoms with E-state index in [1.807, 2.05) is 37.3 Å². The number of para-hydroxylation sites is 1. The normalized spacial score (nSPS) is 17.7. The highest BCUT2D eigenvalue weighted by Crippen LogP contribution is 2.32. The topological polar surface area (TPSA) is 128 Å². The number of nitrogens with one attached hydrogen (secondary N) is 2. The summed E-state index contributed by atoms with van der Waals surface area (Å²) in [6, 6.07) is 10.4. The zero-order chi connectivity index (χ0) is 24.1. The maximum Gasteiger partial charge on any atom is 0.252 e. The lowest BCUT2D eigenvalue weighted by molar-refractivity contribution is 0.100. The van der Waals surface area contributed by atoms with Crippen LogP contribution in [-0.4, -0.2) is 34.6 Å². The number of ether oxygens (including phenoxy) is 1. The summed E-state index contributed by atoms with van der Waals surface area (Å²) in [6.45, 7) is 2.45. The van der Waals surface area contributed by atoms with Crippen molar-refractivity contribution in [2.24, 2.45) is 11.5 Å². The standard InChI is InChI=1S/C25H29FN6O2/c1-2-34-22-10-6-3-7-17(22)15-11-16(14-29-13-15)30-24-18(23(28)33)12-19(26)25(32-24)31-21-9-5-4-8-20(21)27/h3,6-7,10-14,20-21H,2,4-5,8-9,27H2,1H3,(H2,28,33)(H2,30,31,32)/t20-,21+/m0/s1. The second-order valence-corrected chi connectivity index (χ2v) is 8.29. The van der Waals surface area contributed by atoms with E-state index >= 15 is 0 Å². The highest BCUT2D eigenvalue weighted by Gasteiger charge is 2.24. The Morgan fingerprint density at radius 2 is 1.97 bits per heavy atom. The Morgan fingerprint density at radius 1 is 1.18 bits per heavy atom. The largest absolute Gasteiger partial charge is 0.493 e. The molecular weight excluding hydrogens is 435 g/mol. The van der Waals surface area contributed by atoms with Crippen LogP contribution in [0.3, 0.4) is 0 Å². The van der Waals surface area contributed by atoms with Gasteiger partial charge in [-0.1, -0.05) is 31.0 Å². The Kier molecular flexibility index (Phi) is 7.22. The van der Waals surface area contributed by atoms with Crippen molar-refractivity contribution >= 4 is 23.2 Å². The average molecular weight is 465 g/mol. The summed E-state index contributed by atoms with van der Waals surface area (Å²) in [6.07, 6.45) is 7.07. The summed E-state index contributed by atoms with van der Waals surface area (Å²) < 4.78 is 20.5. The highest BCUT2D eigenvalue weighted by atomic mass is 19.1. The molecule has 9 heteroatoms. The zero-order valence-electron chi connectivity index (χ0n) is 19.1. The van der Waals surface area contributed by atoms with Crippen LogP contribution in [0.25, 0.3) is 11.1 Å². The van der Waals surface area contributed by atoms with Gasteiger partial charge in [0, 0.05) is 29.4 Å². The number of aromatic nitrogens is 2. The average Bonchev–Trinajstić information content (AvgIpc) is 2.83. The number of nitrogens with zero attached hydrogens (tertiary/aromatic N) is 2. The van der Waals surface area contributed by atoms with Crippen LogP contribution in [0.2, 0.25) is 0 Å². The number of pyridine rings is 2. The molecule has 1 aliphatic rings. The van der Waals surface area contributed by atoms with Crippen molar-refractivity contribution in [1.82, 2.24) is 9.97 Å². The minimum Gasteiger partial charge on any atom is -0.493 e. The third-order valence-corrected chi connectivity index (χ3v) is 5.88.